The van der Waals surface area contributed by atoms with Gasteiger partial charge in [-0.05, 0) is 22.4 Å². The van der Waals surface area contributed by atoms with Crippen molar-refractivity contribution in [1.82, 2.24) is 15.0 Å². The van der Waals surface area contributed by atoms with Gasteiger partial charge in [0.25, 0.3) is 0 Å². The molecule has 1 heterocycles. The first-order valence-corrected chi connectivity index (χ1v) is 5.04. The number of hydrogen-bond donors (Lipinski definition) is 0. The van der Waals surface area contributed by atoms with Gasteiger partial charge in [0.2, 0.25) is 0 Å². The Morgan fingerprint density at radius 2 is 2.31 bits per heavy atom. The van der Waals surface area contributed by atoms with Crippen LogP contribution in [0.3, 0.4) is 0 Å². The molecule has 1 aromatic heterocycles. The van der Waals surface area contributed by atoms with Crippen LogP contribution in [0, 0.1) is 0 Å². The first-order valence-electron chi connectivity index (χ1n) is 4.25. The molecule has 0 aromatic carbocycles. The summed E-state index contributed by atoms with van der Waals surface area (Å²) in [6.07, 6.45) is 2.50. The standard InChI is InChI=1S/C8H12BrN3O/c1-3-4-5-6(13)7-8(9)10-11-12(7)2/h3-5H2,1-2H3. The molecule has 0 saturated carbocycles. The lowest BCUT2D eigenvalue weighted by Gasteiger charge is -1.99. The zero-order chi connectivity index (χ0) is 9.84. The van der Waals surface area contributed by atoms with E-state index >= 15 is 0 Å². The maximum atomic E-state index is 11.6. The Hall–Kier alpha value is -0.710. The number of rotatable bonds is 4. The monoisotopic (exact) mass is 245 g/mol. The van der Waals surface area contributed by atoms with Crippen molar-refractivity contribution >= 4 is 21.7 Å². The molecule has 0 amide bonds. The fourth-order valence-electron chi connectivity index (χ4n) is 1.08. The van der Waals surface area contributed by atoms with Crippen molar-refractivity contribution in [3.8, 4) is 0 Å². The highest BCUT2D eigenvalue weighted by atomic mass is 79.9. The Morgan fingerprint density at radius 1 is 1.62 bits per heavy atom. The van der Waals surface area contributed by atoms with Gasteiger partial charge in [-0.3, -0.25) is 4.79 Å². The quantitative estimate of drug-likeness (QED) is 0.763. The van der Waals surface area contributed by atoms with Crippen LogP contribution in [0.2, 0.25) is 0 Å². The third kappa shape index (κ3) is 2.37. The van der Waals surface area contributed by atoms with Gasteiger partial charge in [-0.1, -0.05) is 18.6 Å². The van der Waals surface area contributed by atoms with Crippen LogP contribution in [-0.4, -0.2) is 20.8 Å². The van der Waals surface area contributed by atoms with Gasteiger partial charge in [-0.25, -0.2) is 4.68 Å². The van der Waals surface area contributed by atoms with Gasteiger partial charge in [0.15, 0.2) is 10.4 Å². The first-order chi connectivity index (χ1) is 6.16. The molecule has 0 N–H and O–H groups in total. The number of hydrogen-bond acceptors (Lipinski definition) is 3. The van der Waals surface area contributed by atoms with Crippen molar-refractivity contribution in [1.29, 1.82) is 0 Å². The predicted octanol–water partition coefficient (Wildman–Crippen LogP) is 1.95. The minimum Gasteiger partial charge on any atom is -0.292 e. The van der Waals surface area contributed by atoms with Gasteiger partial charge >= 0.3 is 0 Å². The van der Waals surface area contributed by atoms with E-state index in [2.05, 4.69) is 33.2 Å². The zero-order valence-electron chi connectivity index (χ0n) is 7.75. The Balaban J connectivity index is 2.76. The largest absolute Gasteiger partial charge is 0.292 e. The van der Waals surface area contributed by atoms with Crippen molar-refractivity contribution < 1.29 is 4.79 Å². The highest BCUT2D eigenvalue weighted by molar-refractivity contribution is 9.10. The van der Waals surface area contributed by atoms with Gasteiger partial charge in [0.1, 0.15) is 5.69 Å². The van der Waals surface area contributed by atoms with Crippen LogP contribution in [-0.2, 0) is 7.05 Å². The fourth-order valence-corrected chi connectivity index (χ4v) is 1.63. The molecule has 1 rings (SSSR count). The van der Waals surface area contributed by atoms with Gasteiger partial charge < -0.3 is 0 Å². The van der Waals surface area contributed by atoms with Gasteiger partial charge in [0, 0.05) is 13.5 Å². The Bertz CT molecular complexity index is 289. The molecule has 0 fully saturated rings. The molecule has 0 unspecified atom stereocenters. The van der Waals surface area contributed by atoms with Crippen LogP contribution in [0.1, 0.15) is 36.7 Å². The summed E-state index contributed by atoms with van der Waals surface area (Å²) in [6.45, 7) is 2.06. The number of Topliss-reactive ketones (excluding diaryl/α,β-unsaturated/α-hetero) is 1. The molecule has 0 aliphatic carbocycles. The lowest BCUT2D eigenvalue weighted by molar-refractivity contribution is 0.0970. The van der Waals surface area contributed by atoms with E-state index in [4.69, 9.17) is 0 Å². The van der Waals surface area contributed by atoms with E-state index in [0.717, 1.165) is 12.8 Å². The molecule has 0 saturated heterocycles. The summed E-state index contributed by atoms with van der Waals surface area (Å²) in [4.78, 5) is 11.6. The van der Waals surface area contributed by atoms with Crippen LogP contribution in [0.4, 0.5) is 0 Å². The van der Waals surface area contributed by atoms with Gasteiger partial charge in [-0.2, -0.15) is 0 Å². The summed E-state index contributed by atoms with van der Waals surface area (Å²) in [7, 11) is 1.72. The molecular weight excluding hydrogens is 234 g/mol. The number of nitrogens with zero attached hydrogens (tertiary/aromatic N) is 3. The average Bonchev–Trinajstić information content (AvgIpc) is 2.42. The van der Waals surface area contributed by atoms with E-state index < -0.39 is 0 Å². The van der Waals surface area contributed by atoms with E-state index in [0.29, 0.717) is 16.7 Å². The maximum Gasteiger partial charge on any atom is 0.183 e. The van der Waals surface area contributed by atoms with Crippen LogP contribution in [0.25, 0.3) is 0 Å². The molecule has 0 bridgehead atoms. The second kappa shape index (κ2) is 4.50. The highest BCUT2D eigenvalue weighted by Crippen LogP contribution is 2.14. The average molecular weight is 246 g/mol. The summed E-state index contributed by atoms with van der Waals surface area (Å²) >= 11 is 3.19. The lowest BCUT2D eigenvalue weighted by atomic mass is 10.1. The van der Waals surface area contributed by atoms with Crippen molar-refractivity contribution in [3.05, 3.63) is 10.3 Å². The molecule has 0 atom stereocenters. The summed E-state index contributed by atoms with van der Waals surface area (Å²) in [5.74, 6) is 0.0984. The number of carbonyl (C=O) groups excluding carboxylic acids is 1. The highest BCUT2D eigenvalue weighted by Gasteiger charge is 2.15. The number of unbranched alkanes of at least 4 members (excludes halogenated alkanes) is 1. The van der Waals surface area contributed by atoms with Crippen molar-refractivity contribution in [2.24, 2.45) is 7.05 Å². The van der Waals surface area contributed by atoms with E-state index in [1.54, 1.807) is 7.05 Å². The van der Waals surface area contributed by atoms with Gasteiger partial charge in [0.05, 0.1) is 0 Å². The van der Waals surface area contributed by atoms with Crippen LogP contribution in [0.5, 0.6) is 0 Å². The molecular formula is C8H12BrN3O. The Kier molecular flexibility index (Phi) is 3.59. The molecule has 4 nitrogen and oxygen atoms in total. The second-order valence-corrected chi connectivity index (χ2v) is 3.63. The number of aryl methyl sites for hydroxylation is 1. The third-order valence-electron chi connectivity index (χ3n) is 1.81. The molecule has 5 heteroatoms. The minimum absolute atomic E-state index is 0.0984. The molecule has 72 valence electrons. The fraction of sp³-hybridized carbons (Fsp3) is 0.625. The van der Waals surface area contributed by atoms with E-state index in [1.165, 1.54) is 4.68 Å². The number of ketones is 1. The van der Waals surface area contributed by atoms with Crippen molar-refractivity contribution in [2.45, 2.75) is 26.2 Å². The second-order valence-electron chi connectivity index (χ2n) is 2.88. The normalized spacial score (nSPS) is 10.4. The van der Waals surface area contributed by atoms with Crippen molar-refractivity contribution in [2.75, 3.05) is 0 Å². The molecule has 0 aliphatic heterocycles. The zero-order valence-corrected chi connectivity index (χ0v) is 9.34. The Labute approximate surface area is 85.4 Å². The molecule has 13 heavy (non-hydrogen) atoms. The molecule has 1 aromatic rings. The van der Waals surface area contributed by atoms with E-state index in [9.17, 15) is 4.79 Å². The van der Waals surface area contributed by atoms with Crippen molar-refractivity contribution in [3.63, 3.8) is 0 Å². The molecule has 0 aliphatic rings. The van der Waals surface area contributed by atoms with E-state index in [1.807, 2.05) is 0 Å². The summed E-state index contributed by atoms with van der Waals surface area (Å²) in [6, 6.07) is 0. The topological polar surface area (TPSA) is 47.8 Å². The van der Waals surface area contributed by atoms with E-state index in [-0.39, 0.29) is 5.78 Å². The molecule has 0 radical (unpaired) electrons. The predicted molar refractivity (Wildman–Crippen MR) is 52.6 cm³/mol. The molecule has 0 spiro atoms. The number of carbonyl (C=O) groups is 1. The lowest BCUT2D eigenvalue weighted by Crippen LogP contribution is -2.07. The summed E-state index contributed by atoms with van der Waals surface area (Å²) < 4.78 is 2.04. The minimum atomic E-state index is 0.0984. The maximum absolute atomic E-state index is 11.6. The number of aromatic nitrogens is 3. The Morgan fingerprint density at radius 3 is 2.77 bits per heavy atom. The third-order valence-corrected chi connectivity index (χ3v) is 2.34. The number of halogens is 1. The van der Waals surface area contributed by atoms with Crippen LogP contribution in [0.15, 0.2) is 4.60 Å². The smallest absolute Gasteiger partial charge is 0.183 e. The van der Waals surface area contributed by atoms with Crippen LogP contribution >= 0.6 is 15.9 Å². The van der Waals surface area contributed by atoms with Crippen LogP contribution < -0.4 is 0 Å². The SMILES string of the molecule is CCCCC(=O)c1c(Br)nnn1C. The summed E-state index contributed by atoms with van der Waals surface area (Å²) in [5, 5.41) is 7.50. The van der Waals surface area contributed by atoms with Gasteiger partial charge in [-0.15, -0.1) is 5.10 Å². The first kappa shape index (κ1) is 10.4. The summed E-state index contributed by atoms with van der Waals surface area (Å²) in [5.41, 5.74) is 0.563.